The molecule has 3 heterocycles. The summed E-state index contributed by atoms with van der Waals surface area (Å²) >= 11 is 5.96. The second-order valence-electron chi connectivity index (χ2n) is 5.69. The van der Waals surface area contributed by atoms with Gasteiger partial charge in [0.1, 0.15) is 5.82 Å². The van der Waals surface area contributed by atoms with Crippen molar-refractivity contribution in [2.75, 3.05) is 25.4 Å². The fourth-order valence-electron chi connectivity index (χ4n) is 3.20. The van der Waals surface area contributed by atoms with Crippen LogP contribution in [0.5, 0.6) is 0 Å². The number of fused-ring (bicyclic) bond motifs is 1. The van der Waals surface area contributed by atoms with Crippen LogP contribution in [-0.2, 0) is 0 Å². The molecular formula is C14H19ClN4O. The number of piperazine rings is 1. The first-order valence-corrected chi connectivity index (χ1v) is 7.40. The summed E-state index contributed by atoms with van der Waals surface area (Å²) in [5.74, 6) is 0.260. The van der Waals surface area contributed by atoms with Crippen molar-refractivity contribution in [2.45, 2.75) is 31.8 Å². The van der Waals surface area contributed by atoms with Crippen LogP contribution < -0.4 is 5.73 Å². The summed E-state index contributed by atoms with van der Waals surface area (Å²) in [6, 6.07) is 2.33. The molecule has 1 amide bonds. The summed E-state index contributed by atoms with van der Waals surface area (Å²) in [7, 11) is 0. The van der Waals surface area contributed by atoms with Gasteiger partial charge in [-0.1, -0.05) is 11.6 Å². The zero-order valence-corrected chi connectivity index (χ0v) is 12.3. The van der Waals surface area contributed by atoms with Gasteiger partial charge in [0.15, 0.2) is 0 Å². The second-order valence-corrected chi connectivity index (χ2v) is 6.10. The summed E-state index contributed by atoms with van der Waals surface area (Å²) < 4.78 is 0. The average molecular weight is 295 g/mol. The number of halogens is 1. The summed E-state index contributed by atoms with van der Waals surface area (Å²) in [6.45, 7) is 5.00. The zero-order chi connectivity index (χ0) is 14.3. The minimum absolute atomic E-state index is 0.00144. The van der Waals surface area contributed by atoms with Crippen LogP contribution >= 0.6 is 11.6 Å². The van der Waals surface area contributed by atoms with Crippen molar-refractivity contribution >= 4 is 23.3 Å². The molecule has 0 saturated carbocycles. The van der Waals surface area contributed by atoms with Crippen molar-refractivity contribution in [1.29, 1.82) is 0 Å². The van der Waals surface area contributed by atoms with Crippen LogP contribution in [0.15, 0.2) is 12.3 Å². The van der Waals surface area contributed by atoms with Crippen molar-refractivity contribution in [1.82, 2.24) is 14.8 Å². The van der Waals surface area contributed by atoms with E-state index in [-0.39, 0.29) is 17.8 Å². The highest BCUT2D eigenvalue weighted by molar-refractivity contribution is 6.33. The number of nitrogens with zero attached hydrogens (tertiary/aromatic N) is 3. The highest BCUT2D eigenvalue weighted by Crippen LogP contribution is 2.26. The molecule has 108 valence electrons. The molecule has 6 heteroatoms. The largest absolute Gasteiger partial charge is 0.382 e. The predicted octanol–water partition coefficient (Wildman–Crippen LogP) is 1.63. The molecule has 5 nitrogen and oxygen atoms in total. The van der Waals surface area contributed by atoms with E-state index >= 15 is 0 Å². The van der Waals surface area contributed by atoms with Gasteiger partial charge in [0.05, 0.1) is 10.6 Å². The number of carbonyl (C=O) groups is 1. The van der Waals surface area contributed by atoms with Crippen molar-refractivity contribution in [3.8, 4) is 0 Å². The number of nitrogens with two attached hydrogens (primary N) is 1. The van der Waals surface area contributed by atoms with E-state index in [9.17, 15) is 4.79 Å². The van der Waals surface area contributed by atoms with Crippen LogP contribution in [0.1, 0.15) is 30.1 Å². The third-order valence-corrected chi connectivity index (χ3v) is 4.62. The Balaban J connectivity index is 1.80. The van der Waals surface area contributed by atoms with Crippen LogP contribution in [0.3, 0.4) is 0 Å². The van der Waals surface area contributed by atoms with Crippen LogP contribution in [0.25, 0.3) is 0 Å². The van der Waals surface area contributed by atoms with E-state index in [2.05, 4.69) is 16.8 Å². The molecule has 2 aliphatic rings. The van der Waals surface area contributed by atoms with Gasteiger partial charge in [-0.15, -0.1) is 0 Å². The first-order valence-electron chi connectivity index (χ1n) is 7.02. The van der Waals surface area contributed by atoms with E-state index in [0.29, 0.717) is 16.6 Å². The normalized spacial score (nSPS) is 26.6. The number of aromatic nitrogens is 1. The van der Waals surface area contributed by atoms with Crippen LogP contribution in [-0.4, -0.2) is 52.4 Å². The van der Waals surface area contributed by atoms with Gasteiger partial charge in [0.25, 0.3) is 5.91 Å². The summed E-state index contributed by atoms with van der Waals surface area (Å²) in [5, 5.41) is 0.336. The Hall–Kier alpha value is -1.33. The van der Waals surface area contributed by atoms with Gasteiger partial charge in [-0.05, 0) is 32.4 Å². The topological polar surface area (TPSA) is 62.5 Å². The molecule has 2 fully saturated rings. The number of pyridine rings is 1. The fraction of sp³-hybridized carbons (Fsp3) is 0.571. The van der Waals surface area contributed by atoms with Gasteiger partial charge in [0.2, 0.25) is 0 Å². The van der Waals surface area contributed by atoms with Gasteiger partial charge in [-0.2, -0.15) is 0 Å². The lowest BCUT2D eigenvalue weighted by atomic mass is 10.1. The van der Waals surface area contributed by atoms with E-state index in [1.807, 2.05) is 4.90 Å². The molecule has 2 saturated heterocycles. The average Bonchev–Trinajstić information content (AvgIpc) is 2.87. The molecule has 0 radical (unpaired) electrons. The summed E-state index contributed by atoms with van der Waals surface area (Å²) in [4.78, 5) is 21.0. The van der Waals surface area contributed by atoms with Crippen LogP contribution in [0.2, 0.25) is 5.02 Å². The molecule has 0 spiro atoms. The monoisotopic (exact) mass is 294 g/mol. The highest BCUT2D eigenvalue weighted by Gasteiger charge is 2.36. The maximum absolute atomic E-state index is 12.6. The molecule has 1 aromatic heterocycles. The first kappa shape index (κ1) is 13.6. The Bertz CT molecular complexity index is 536. The lowest BCUT2D eigenvalue weighted by Gasteiger charge is -2.42. The number of hydrogen-bond donors (Lipinski definition) is 1. The molecular weight excluding hydrogens is 276 g/mol. The van der Waals surface area contributed by atoms with Crippen LogP contribution in [0, 0.1) is 0 Å². The van der Waals surface area contributed by atoms with Gasteiger partial charge in [0, 0.05) is 31.4 Å². The standard InChI is InChI=1S/C14H19ClN4O/c1-9-7-18-4-2-3-11(18)8-19(9)14(20)10-5-12(15)13(16)17-6-10/h5-6,9,11H,2-4,7-8H2,1H3,(H2,16,17). The molecule has 0 aliphatic carbocycles. The number of rotatable bonds is 1. The minimum atomic E-state index is -0.00144. The van der Waals surface area contributed by atoms with E-state index < -0.39 is 0 Å². The third-order valence-electron chi connectivity index (χ3n) is 4.31. The zero-order valence-electron chi connectivity index (χ0n) is 11.6. The van der Waals surface area contributed by atoms with Crippen molar-refractivity contribution in [3.05, 3.63) is 22.8 Å². The quantitative estimate of drug-likeness (QED) is 0.855. The molecule has 3 rings (SSSR count). The third kappa shape index (κ3) is 2.36. The maximum Gasteiger partial charge on any atom is 0.255 e. The smallest absolute Gasteiger partial charge is 0.255 e. The number of carbonyl (C=O) groups excluding carboxylic acids is 1. The molecule has 20 heavy (non-hydrogen) atoms. The van der Waals surface area contributed by atoms with Crippen LogP contribution in [0.4, 0.5) is 5.82 Å². The summed E-state index contributed by atoms with van der Waals surface area (Å²) in [6.07, 6.45) is 3.92. The molecule has 0 aromatic carbocycles. The molecule has 0 bridgehead atoms. The van der Waals surface area contributed by atoms with E-state index in [4.69, 9.17) is 17.3 Å². The van der Waals surface area contributed by atoms with Crippen molar-refractivity contribution in [2.24, 2.45) is 0 Å². The Morgan fingerprint density at radius 2 is 2.30 bits per heavy atom. The van der Waals surface area contributed by atoms with E-state index in [1.54, 1.807) is 6.07 Å². The van der Waals surface area contributed by atoms with Crippen molar-refractivity contribution < 1.29 is 4.79 Å². The Morgan fingerprint density at radius 1 is 1.50 bits per heavy atom. The molecule has 2 N–H and O–H groups in total. The second kappa shape index (κ2) is 5.22. The summed E-state index contributed by atoms with van der Waals surface area (Å²) in [5.41, 5.74) is 6.11. The van der Waals surface area contributed by atoms with Gasteiger partial charge >= 0.3 is 0 Å². The number of anilines is 1. The lowest BCUT2D eigenvalue weighted by molar-refractivity contribution is 0.0395. The number of amides is 1. The SMILES string of the molecule is CC1CN2CCCC2CN1C(=O)c1cnc(N)c(Cl)c1. The molecule has 2 atom stereocenters. The highest BCUT2D eigenvalue weighted by atomic mass is 35.5. The van der Waals surface area contributed by atoms with Gasteiger partial charge in [-0.25, -0.2) is 4.98 Å². The van der Waals surface area contributed by atoms with E-state index in [0.717, 1.165) is 19.6 Å². The van der Waals surface area contributed by atoms with Crippen molar-refractivity contribution in [3.63, 3.8) is 0 Å². The van der Waals surface area contributed by atoms with E-state index in [1.165, 1.54) is 19.0 Å². The Morgan fingerprint density at radius 3 is 3.05 bits per heavy atom. The minimum Gasteiger partial charge on any atom is -0.382 e. The lowest BCUT2D eigenvalue weighted by Crippen LogP contribution is -2.56. The molecule has 2 unspecified atom stereocenters. The first-order chi connectivity index (χ1) is 9.56. The number of hydrogen-bond acceptors (Lipinski definition) is 4. The molecule has 1 aromatic rings. The molecule has 2 aliphatic heterocycles. The Kier molecular flexibility index (Phi) is 3.56. The Labute approximate surface area is 123 Å². The van der Waals surface area contributed by atoms with Gasteiger partial charge < -0.3 is 10.6 Å². The predicted molar refractivity (Wildman–Crippen MR) is 78.8 cm³/mol. The number of nitrogen functional groups attached to an aromatic ring is 1. The fourth-order valence-corrected chi connectivity index (χ4v) is 3.37. The maximum atomic E-state index is 12.6. The van der Waals surface area contributed by atoms with Gasteiger partial charge in [-0.3, -0.25) is 9.69 Å².